The third-order valence-electron chi connectivity index (χ3n) is 9.60. The lowest BCUT2D eigenvalue weighted by Crippen LogP contribution is -2.60. The summed E-state index contributed by atoms with van der Waals surface area (Å²) in [6.45, 7) is 23.5. The molecule has 0 saturated carbocycles. The minimum absolute atomic E-state index is 0.0715. The van der Waals surface area contributed by atoms with E-state index >= 15 is 0 Å². The molecule has 2 aliphatic rings. The minimum atomic E-state index is -1.54. The van der Waals surface area contributed by atoms with E-state index in [1.807, 2.05) is 41.5 Å². The second-order valence-electron chi connectivity index (χ2n) is 20.1. The van der Waals surface area contributed by atoms with Gasteiger partial charge in [-0.2, -0.15) is 0 Å². The number of aliphatic hydroxyl groups is 6. The van der Waals surface area contributed by atoms with Crippen molar-refractivity contribution in [1.82, 2.24) is 0 Å². The zero-order valence-electron chi connectivity index (χ0n) is 38.7. The normalized spacial score (nSPS) is 26.7. The predicted molar refractivity (Wildman–Crippen MR) is 231 cm³/mol. The second kappa shape index (κ2) is 21.1. The van der Waals surface area contributed by atoms with Crippen LogP contribution >= 0.6 is 0 Å². The van der Waals surface area contributed by atoms with Gasteiger partial charge in [0, 0.05) is 17.0 Å². The Morgan fingerprint density at radius 1 is 0.603 bits per heavy atom. The largest absolute Gasteiger partial charge is 0.479 e. The van der Waals surface area contributed by atoms with Gasteiger partial charge in [-0.05, 0) is 118 Å². The number of rotatable bonds is 12. The number of nitrogens with one attached hydrogen (secondary N) is 2. The average Bonchev–Trinajstić information content (AvgIpc) is 3.16. The van der Waals surface area contributed by atoms with E-state index in [9.17, 15) is 50.1 Å². The van der Waals surface area contributed by atoms with Crippen LogP contribution in [0.25, 0.3) is 0 Å². The fourth-order valence-corrected chi connectivity index (χ4v) is 6.02. The van der Waals surface area contributed by atoms with E-state index < -0.39 is 84.6 Å². The van der Waals surface area contributed by atoms with Gasteiger partial charge in [-0.15, -0.1) is 0 Å². The third kappa shape index (κ3) is 15.4. The van der Waals surface area contributed by atoms with E-state index in [2.05, 4.69) is 10.6 Å². The maximum Gasteiger partial charge on any atom is 0.335 e. The molecule has 2 aliphatic heterocycles. The average molecular weight is 895 g/mol. The lowest BCUT2D eigenvalue weighted by molar-refractivity contribution is -0.277. The number of carboxylic acid groups (broad SMARTS) is 1. The second-order valence-corrected chi connectivity index (χ2v) is 20.1. The minimum Gasteiger partial charge on any atom is -0.479 e. The van der Waals surface area contributed by atoms with Crippen molar-refractivity contribution in [2.24, 2.45) is 16.7 Å². The van der Waals surface area contributed by atoms with Gasteiger partial charge in [0.1, 0.15) is 55.2 Å². The quantitative estimate of drug-likeness (QED) is 0.137. The molecule has 0 spiro atoms. The van der Waals surface area contributed by atoms with Crippen molar-refractivity contribution in [1.29, 1.82) is 0 Å². The Labute approximate surface area is 369 Å². The summed E-state index contributed by atoms with van der Waals surface area (Å²) in [7, 11) is 0. The molecule has 2 aromatic rings. The van der Waals surface area contributed by atoms with E-state index in [1.54, 1.807) is 77.9 Å². The maximum atomic E-state index is 12.1. The molecular formula is C45H70N2O16. The summed E-state index contributed by atoms with van der Waals surface area (Å²) in [4.78, 5) is 35.6. The molecule has 10 atom stereocenters. The summed E-state index contributed by atoms with van der Waals surface area (Å²) in [6.07, 6.45) is -12.3. The zero-order chi connectivity index (χ0) is 48.0. The Kier molecular flexibility index (Phi) is 17.8. The number of hydrogen-bond acceptors (Lipinski definition) is 17. The molecule has 63 heavy (non-hydrogen) atoms. The highest BCUT2D eigenvalue weighted by molar-refractivity contribution is 5.76. The van der Waals surface area contributed by atoms with Crippen LogP contribution in [0.5, 0.6) is 11.5 Å². The van der Waals surface area contributed by atoms with Gasteiger partial charge in [-0.25, -0.2) is 4.79 Å². The molecule has 0 amide bonds. The molecule has 2 aromatic carbocycles. The highest BCUT2D eigenvalue weighted by Crippen LogP contribution is 2.35. The van der Waals surface area contributed by atoms with E-state index in [1.165, 1.54) is 6.92 Å². The molecule has 4 rings (SSSR count). The summed E-state index contributed by atoms with van der Waals surface area (Å²) in [5.74, 6) is -2.11. The number of aliphatic carboxylic acids is 1. The van der Waals surface area contributed by atoms with E-state index in [0.29, 0.717) is 22.9 Å². The van der Waals surface area contributed by atoms with Gasteiger partial charge in [-0.1, -0.05) is 19.1 Å². The molecule has 9 N–H and O–H groups in total. The molecule has 0 radical (unpaired) electrons. The van der Waals surface area contributed by atoms with E-state index in [0.717, 1.165) is 11.1 Å². The highest BCUT2D eigenvalue weighted by atomic mass is 16.7. The van der Waals surface area contributed by atoms with Crippen LogP contribution in [-0.2, 0) is 46.5 Å². The molecule has 18 heteroatoms. The van der Waals surface area contributed by atoms with Crippen molar-refractivity contribution in [2.45, 2.75) is 170 Å². The van der Waals surface area contributed by atoms with Crippen molar-refractivity contribution in [2.75, 3.05) is 17.2 Å². The Morgan fingerprint density at radius 3 is 1.38 bits per heavy atom. The third-order valence-corrected chi connectivity index (χ3v) is 9.60. The molecule has 2 saturated heterocycles. The summed E-state index contributed by atoms with van der Waals surface area (Å²) in [6, 6.07) is 10.2. The van der Waals surface area contributed by atoms with Crippen LogP contribution in [0.2, 0.25) is 0 Å². The molecular weight excluding hydrogens is 824 g/mol. The molecule has 2 fully saturated rings. The Bertz CT molecular complexity index is 1840. The lowest BCUT2D eigenvalue weighted by atomic mass is 9.90. The van der Waals surface area contributed by atoms with Gasteiger partial charge in [0.15, 0.2) is 6.10 Å². The summed E-state index contributed by atoms with van der Waals surface area (Å²) >= 11 is 0. The van der Waals surface area contributed by atoms with Crippen molar-refractivity contribution in [3.8, 4) is 11.5 Å². The predicted octanol–water partition coefficient (Wildman–Crippen LogP) is 3.70. The molecule has 0 aromatic heterocycles. The van der Waals surface area contributed by atoms with Crippen LogP contribution in [0.15, 0.2) is 36.4 Å². The van der Waals surface area contributed by atoms with Gasteiger partial charge >= 0.3 is 17.9 Å². The van der Waals surface area contributed by atoms with Crippen LogP contribution < -0.4 is 20.1 Å². The summed E-state index contributed by atoms with van der Waals surface area (Å²) in [5.41, 5.74) is 0.651. The van der Waals surface area contributed by atoms with Gasteiger partial charge in [0.2, 0.25) is 12.6 Å². The highest BCUT2D eigenvalue weighted by Gasteiger charge is 2.47. The number of esters is 2. The van der Waals surface area contributed by atoms with Crippen molar-refractivity contribution < 1.29 is 78.6 Å². The number of hydrogen-bond donors (Lipinski definition) is 9. The first-order valence-corrected chi connectivity index (χ1v) is 20.9. The van der Waals surface area contributed by atoms with Crippen molar-refractivity contribution in [3.05, 3.63) is 47.5 Å². The van der Waals surface area contributed by atoms with E-state index in [-0.39, 0.29) is 36.2 Å². The Morgan fingerprint density at radius 2 is 1.02 bits per heavy atom. The van der Waals surface area contributed by atoms with Gasteiger partial charge in [0.25, 0.3) is 0 Å². The van der Waals surface area contributed by atoms with E-state index in [4.69, 9.17) is 28.4 Å². The zero-order valence-corrected chi connectivity index (χ0v) is 38.7. The standard InChI is InChI=1S/C23H35NO8.C22H35NO8/c1-12-16(25)18(19(27)28)32-20(17(12)26)31-15-9-8-13(10-14(15)24-23(5,6)7)11-30-21(29)22(2,3)4;1-21(2,3)20(28)29-11-12-7-8-14(13(9-12)23-22(4,5)6)30-19-18(27)17(26)16(25)15(10-24)31-19/h8-10,12,16-18,20,24-26H,11H2,1-7H3,(H,27,28);7-9,15-19,23-27H,10-11H2,1-6H3. The molecule has 2 heterocycles. The maximum absolute atomic E-state index is 12.1. The molecule has 0 bridgehead atoms. The monoisotopic (exact) mass is 894 g/mol. The van der Waals surface area contributed by atoms with Crippen molar-refractivity contribution in [3.63, 3.8) is 0 Å². The lowest BCUT2D eigenvalue weighted by Gasteiger charge is -2.40. The Hall–Kier alpha value is -4.27. The molecule has 10 unspecified atom stereocenters. The first kappa shape index (κ1) is 53.1. The summed E-state index contributed by atoms with van der Waals surface area (Å²) < 4.78 is 33.2. The van der Waals surface area contributed by atoms with Crippen LogP contribution in [0.3, 0.4) is 0 Å². The fraction of sp³-hybridized carbons (Fsp3) is 0.667. The number of aliphatic hydroxyl groups excluding tert-OH is 6. The number of benzene rings is 2. The molecule has 18 nitrogen and oxygen atoms in total. The smallest absolute Gasteiger partial charge is 0.335 e. The Balaban J connectivity index is 0.000000335. The molecule has 356 valence electrons. The van der Waals surface area contributed by atoms with Crippen LogP contribution in [0, 0.1) is 16.7 Å². The SMILES string of the molecule is CC(C)(C)Nc1cc(COC(=O)C(C)(C)C)ccc1OC1OC(CO)C(O)C(O)C1O.CC1C(O)C(Oc2ccc(COC(=O)C(C)(C)C)cc2NC(C)(C)C)OC(C(=O)O)C1O. The fourth-order valence-electron chi connectivity index (χ4n) is 6.02. The number of carboxylic acids is 1. The number of ether oxygens (including phenoxy) is 6. The number of carbonyl (C=O) groups excluding carboxylic acids is 2. The van der Waals surface area contributed by atoms with Crippen LogP contribution in [0.1, 0.15) is 101 Å². The van der Waals surface area contributed by atoms with Crippen LogP contribution in [0.4, 0.5) is 11.4 Å². The van der Waals surface area contributed by atoms with Gasteiger partial charge in [0.05, 0.1) is 34.9 Å². The number of anilines is 2. The topological polar surface area (TPSA) is 272 Å². The number of carbonyl (C=O) groups is 3. The van der Waals surface area contributed by atoms with Crippen LogP contribution in [-0.4, -0.2) is 127 Å². The summed E-state index contributed by atoms with van der Waals surface area (Å²) in [5, 5.41) is 76.1. The van der Waals surface area contributed by atoms with Gasteiger partial charge in [-0.3, -0.25) is 9.59 Å². The van der Waals surface area contributed by atoms with Crippen molar-refractivity contribution >= 4 is 29.3 Å². The van der Waals surface area contributed by atoms with Gasteiger partial charge < -0.3 is 74.8 Å². The molecule has 0 aliphatic carbocycles. The first-order valence-electron chi connectivity index (χ1n) is 20.9. The first-order chi connectivity index (χ1) is 28.8.